The summed E-state index contributed by atoms with van der Waals surface area (Å²) in [6.07, 6.45) is 0. The van der Waals surface area contributed by atoms with E-state index in [1.54, 1.807) is 33.8 Å². The van der Waals surface area contributed by atoms with E-state index in [1.807, 2.05) is 19.9 Å². The van der Waals surface area contributed by atoms with Gasteiger partial charge in [-0.05, 0) is 38.1 Å². The van der Waals surface area contributed by atoms with Gasteiger partial charge in [0.2, 0.25) is 0 Å². The Labute approximate surface area is 178 Å². The molecule has 160 valence electrons. The Balaban J connectivity index is 1.28. The summed E-state index contributed by atoms with van der Waals surface area (Å²) in [5.41, 5.74) is 2.19. The van der Waals surface area contributed by atoms with Gasteiger partial charge in [-0.15, -0.1) is 5.10 Å². The Morgan fingerprint density at radius 2 is 1.90 bits per heavy atom. The van der Waals surface area contributed by atoms with Crippen molar-refractivity contribution in [3.8, 4) is 17.3 Å². The molecule has 1 amide bonds. The number of nitrogens with zero attached hydrogens (tertiary/aromatic N) is 5. The van der Waals surface area contributed by atoms with Crippen LogP contribution in [0.4, 0.5) is 0 Å². The minimum absolute atomic E-state index is 0.0877. The molecule has 31 heavy (non-hydrogen) atoms. The normalized spacial score (nSPS) is 15.6. The molecule has 1 aromatic carbocycles. The van der Waals surface area contributed by atoms with E-state index in [0.29, 0.717) is 55.7 Å². The van der Waals surface area contributed by atoms with Crippen LogP contribution in [0, 0.1) is 19.8 Å². The van der Waals surface area contributed by atoms with Crippen molar-refractivity contribution in [2.75, 3.05) is 26.3 Å². The number of para-hydroxylation sites is 1. The predicted octanol–water partition coefficient (Wildman–Crippen LogP) is 1.59. The molecule has 0 aliphatic carbocycles. The maximum Gasteiger partial charge on any atom is 0.266 e. The summed E-state index contributed by atoms with van der Waals surface area (Å²) in [6.45, 7) is 6.34. The lowest BCUT2D eigenvalue weighted by atomic mass is 9.98. The third-order valence-corrected chi connectivity index (χ3v) is 5.55. The van der Waals surface area contributed by atoms with Crippen molar-refractivity contribution >= 4 is 5.91 Å². The van der Waals surface area contributed by atoms with Crippen LogP contribution in [0.1, 0.15) is 21.7 Å². The molecule has 0 saturated carbocycles. The Morgan fingerprint density at radius 3 is 2.68 bits per heavy atom. The van der Waals surface area contributed by atoms with Crippen LogP contribution in [0.3, 0.4) is 0 Å². The average molecular weight is 421 g/mol. The summed E-state index contributed by atoms with van der Waals surface area (Å²) in [7, 11) is 0. The van der Waals surface area contributed by atoms with E-state index in [9.17, 15) is 9.59 Å². The lowest BCUT2D eigenvalue weighted by Crippen LogP contribution is -2.52. The van der Waals surface area contributed by atoms with Crippen molar-refractivity contribution in [1.82, 2.24) is 24.5 Å². The summed E-state index contributed by atoms with van der Waals surface area (Å²) in [5, 5.41) is 8.92. The molecule has 2 aliphatic rings. The second-order valence-corrected chi connectivity index (χ2v) is 7.96. The number of ether oxygens (including phenoxy) is 2. The highest BCUT2D eigenvalue weighted by Gasteiger charge is 2.34. The first-order chi connectivity index (χ1) is 15.0. The standard InChI is InChI=1S/C22H23N5O4/c1-14-10-15(2)27(23-14)19-6-7-20(28)26(24-19)13-16-11-25(12-16)22(29)17-4-3-5-18-21(17)31-9-8-30-18/h3-7,10,16H,8-9,11-13H2,1-2H3. The molecule has 9 nitrogen and oxygen atoms in total. The summed E-state index contributed by atoms with van der Waals surface area (Å²) < 4.78 is 14.4. The molecule has 4 heterocycles. The van der Waals surface area contributed by atoms with Gasteiger partial charge in [-0.2, -0.15) is 5.10 Å². The number of likely N-dealkylation sites (tertiary alicyclic amines) is 1. The zero-order valence-electron chi connectivity index (χ0n) is 17.4. The maximum absolute atomic E-state index is 12.9. The second-order valence-electron chi connectivity index (χ2n) is 7.96. The number of aryl methyl sites for hydroxylation is 2. The Morgan fingerprint density at radius 1 is 1.10 bits per heavy atom. The Hall–Kier alpha value is -3.62. The highest BCUT2D eigenvalue weighted by atomic mass is 16.6. The van der Waals surface area contributed by atoms with E-state index >= 15 is 0 Å². The number of carbonyl (C=O) groups excluding carboxylic acids is 1. The van der Waals surface area contributed by atoms with Crippen LogP contribution in [0.15, 0.2) is 41.2 Å². The molecule has 5 rings (SSSR count). The predicted molar refractivity (Wildman–Crippen MR) is 112 cm³/mol. The SMILES string of the molecule is Cc1cc(C)n(-c2ccc(=O)n(CC3CN(C(=O)c4cccc5c4OCCO5)C3)n2)n1. The lowest BCUT2D eigenvalue weighted by Gasteiger charge is -2.39. The van der Waals surface area contributed by atoms with Gasteiger partial charge in [0.05, 0.1) is 17.8 Å². The third kappa shape index (κ3) is 3.56. The first kappa shape index (κ1) is 19.3. The van der Waals surface area contributed by atoms with Crippen LogP contribution >= 0.6 is 0 Å². The minimum atomic E-state index is -0.169. The van der Waals surface area contributed by atoms with E-state index in [1.165, 1.54) is 10.7 Å². The summed E-state index contributed by atoms with van der Waals surface area (Å²) in [6, 6.07) is 10.5. The first-order valence-corrected chi connectivity index (χ1v) is 10.3. The van der Waals surface area contributed by atoms with E-state index in [4.69, 9.17) is 9.47 Å². The first-order valence-electron chi connectivity index (χ1n) is 10.3. The van der Waals surface area contributed by atoms with Gasteiger partial charge < -0.3 is 14.4 Å². The molecule has 1 fully saturated rings. The van der Waals surface area contributed by atoms with Crippen molar-refractivity contribution in [1.29, 1.82) is 0 Å². The van der Waals surface area contributed by atoms with Crippen molar-refractivity contribution in [2.24, 2.45) is 5.92 Å². The van der Waals surface area contributed by atoms with Crippen LogP contribution in [-0.2, 0) is 6.54 Å². The molecule has 2 aliphatic heterocycles. The highest BCUT2D eigenvalue weighted by Crippen LogP contribution is 2.35. The molecule has 2 aromatic heterocycles. The fourth-order valence-electron chi connectivity index (χ4n) is 4.05. The zero-order valence-corrected chi connectivity index (χ0v) is 17.4. The number of amides is 1. The third-order valence-electron chi connectivity index (χ3n) is 5.55. The number of hydrogen-bond donors (Lipinski definition) is 0. The summed E-state index contributed by atoms with van der Waals surface area (Å²) >= 11 is 0. The molecule has 3 aromatic rings. The molecule has 0 atom stereocenters. The molecule has 1 saturated heterocycles. The van der Waals surface area contributed by atoms with Gasteiger partial charge in [0.1, 0.15) is 13.2 Å². The molecule has 0 spiro atoms. The fourth-order valence-corrected chi connectivity index (χ4v) is 4.05. The molecule has 0 bridgehead atoms. The number of benzene rings is 1. The molecule has 0 radical (unpaired) electrons. The van der Waals surface area contributed by atoms with Gasteiger partial charge in [0, 0.05) is 30.8 Å². The van der Waals surface area contributed by atoms with Gasteiger partial charge in [-0.1, -0.05) is 6.07 Å². The topological polar surface area (TPSA) is 91.5 Å². The minimum Gasteiger partial charge on any atom is -0.486 e. The van der Waals surface area contributed by atoms with E-state index < -0.39 is 0 Å². The molecular formula is C22H23N5O4. The molecular weight excluding hydrogens is 398 g/mol. The van der Waals surface area contributed by atoms with Crippen LogP contribution in [-0.4, -0.2) is 56.7 Å². The van der Waals surface area contributed by atoms with Crippen LogP contribution in [0.25, 0.3) is 5.82 Å². The zero-order chi connectivity index (χ0) is 21.5. The lowest BCUT2D eigenvalue weighted by molar-refractivity contribution is 0.0450. The number of hydrogen-bond acceptors (Lipinski definition) is 6. The van der Waals surface area contributed by atoms with E-state index in [-0.39, 0.29) is 17.4 Å². The Kier molecular flexibility index (Phi) is 4.72. The van der Waals surface area contributed by atoms with Gasteiger partial charge >= 0.3 is 0 Å². The van der Waals surface area contributed by atoms with E-state index in [2.05, 4.69) is 10.2 Å². The summed E-state index contributed by atoms with van der Waals surface area (Å²) in [5.74, 6) is 1.78. The average Bonchev–Trinajstić information content (AvgIpc) is 3.08. The number of rotatable bonds is 4. The Bertz CT molecular complexity index is 1210. The van der Waals surface area contributed by atoms with Crippen LogP contribution < -0.4 is 15.0 Å². The second kappa shape index (κ2) is 7.57. The molecule has 0 unspecified atom stereocenters. The van der Waals surface area contributed by atoms with Crippen LogP contribution in [0.2, 0.25) is 0 Å². The monoisotopic (exact) mass is 421 g/mol. The van der Waals surface area contributed by atoms with Crippen molar-refractivity contribution in [2.45, 2.75) is 20.4 Å². The van der Waals surface area contributed by atoms with Crippen molar-refractivity contribution < 1.29 is 14.3 Å². The number of fused-ring (bicyclic) bond motifs is 1. The highest BCUT2D eigenvalue weighted by molar-refractivity contribution is 5.98. The van der Waals surface area contributed by atoms with Crippen molar-refractivity contribution in [3.05, 3.63) is 63.7 Å². The number of carbonyl (C=O) groups is 1. The fraction of sp³-hybridized carbons (Fsp3) is 0.364. The largest absolute Gasteiger partial charge is 0.486 e. The maximum atomic E-state index is 12.9. The van der Waals surface area contributed by atoms with Gasteiger partial charge in [0.25, 0.3) is 11.5 Å². The van der Waals surface area contributed by atoms with Crippen LogP contribution in [0.5, 0.6) is 11.5 Å². The van der Waals surface area contributed by atoms with Crippen molar-refractivity contribution in [3.63, 3.8) is 0 Å². The van der Waals surface area contributed by atoms with Gasteiger partial charge in [-0.25, -0.2) is 9.36 Å². The van der Waals surface area contributed by atoms with Gasteiger partial charge in [0.15, 0.2) is 17.3 Å². The quantitative estimate of drug-likeness (QED) is 0.635. The summed E-state index contributed by atoms with van der Waals surface area (Å²) in [4.78, 5) is 27.0. The van der Waals surface area contributed by atoms with E-state index in [0.717, 1.165) is 11.4 Å². The smallest absolute Gasteiger partial charge is 0.266 e. The number of aromatic nitrogens is 4. The van der Waals surface area contributed by atoms with Gasteiger partial charge in [-0.3, -0.25) is 9.59 Å². The molecule has 9 heteroatoms. The molecule has 0 N–H and O–H groups in total.